The second-order valence-corrected chi connectivity index (χ2v) is 5.98. The van der Waals surface area contributed by atoms with Crippen molar-refractivity contribution < 1.29 is 0 Å². The molecule has 0 aliphatic rings. The van der Waals surface area contributed by atoms with Gasteiger partial charge in [0.15, 0.2) is 0 Å². The SMILES string of the molecule is CC(C)CN(c1cccc(Cl)c1CBr)C(C)C. The van der Waals surface area contributed by atoms with Crippen LogP contribution in [0.5, 0.6) is 0 Å². The van der Waals surface area contributed by atoms with E-state index in [1.54, 1.807) is 0 Å². The van der Waals surface area contributed by atoms with Gasteiger partial charge in [0, 0.05) is 34.2 Å². The van der Waals surface area contributed by atoms with Crippen LogP contribution in [0.3, 0.4) is 0 Å². The highest BCUT2D eigenvalue weighted by atomic mass is 79.9. The van der Waals surface area contributed by atoms with Crippen LogP contribution in [0.4, 0.5) is 5.69 Å². The Morgan fingerprint density at radius 1 is 1.24 bits per heavy atom. The van der Waals surface area contributed by atoms with Crippen molar-refractivity contribution in [1.82, 2.24) is 0 Å². The van der Waals surface area contributed by atoms with Crippen LogP contribution in [-0.4, -0.2) is 12.6 Å². The summed E-state index contributed by atoms with van der Waals surface area (Å²) in [6.07, 6.45) is 0. The van der Waals surface area contributed by atoms with Crippen LogP contribution in [0.2, 0.25) is 5.02 Å². The summed E-state index contributed by atoms with van der Waals surface area (Å²) in [6.45, 7) is 9.99. The number of nitrogens with zero attached hydrogens (tertiary/aromatic N) is 1. The molecule has 96 valence electrons. The summed E-state index contributed by atoms with van der Waals surface area (Å²) < 4.78 is 0. The van der Waals surface area contributed by atoms with E-state index in [9.17, 15) is 0 Å². The predicted octanol–water partition coefficient (Wildman–Crippen LogP) is 5.11. The molecule has 1 rings (SSSR count). The van der Waals surface area contributed by atoms with Crippen LogP contribution < -0.4 is 4.90 Å². The van der Waals surface area contributed by atoms with Crippen molar-refractivity contribution in [3.63, 3.8) is 0 Å². The Morgan fingerprint density at radius 3 is 2.35 bits per heavy atom. The van der Waals surface area contributed by atoms with Crippen LogP contribution in [0.25, 0.3) is 0 Å². The normalized spacial score (nSPS) is 11.3. The number of hydrogen-bond acceptors (Lipinski definition) is 1. The summed E-state index contributed by atoms with van der Waals surface area (Å²) in [5.41, 5.74) is 2.43. The van der Waals surface area contributed by atoms with Gasteiger partial charge in [-0.1, -0.05) is 47.4 Å². The van der Waals surface area contributed by atoms with Crippen LogP contribution in [0.15, 0.2) is 18.2 Å². The molecule has 0 saturated carbocycles. The highest BCUT2D eigenvalue weighted by Crippen LogP contribution is 2.31. The highest BCUT2D eigenvalue weighted by molar-refractivity contribution is 9.08. The lowest BCUT2D eigenvalue weighted by Crippen LogP contribution is -2.34. The minimum atomic E-state index is 0.480. The molecule has 1 aromatic rings. The number of rotatable bonds is 5. The fourth-order valence-corrected chi connectivity index (χ4v) is 2.92. The lowest BCUT2D eigenvalue weighted by Gasteiger charge is -2.32. The molecule has 0 N–H and O–H groups in total. The van der Waals surface area contributed by atoms with E-state index < -0.39 is 0 Å². The van der Waals surface area contributed by atoms with Gasteiger partial charge in [-0.15, -0.1) is 0 Å². The monoisotopic (exact) mass is 317 g/mol. The molecular weight excluding hydrogens is 298 g/mol. The van der Waals surface area contributed by atoms with Gasteiger partial charge in [-0.2, -0.15) is 0 Å². The van der Waals surface area contributed by atoms with Gasteiger partial charge in [0.05, 0.1) is 0 Å². The molecule has 0 amide bonds. The quantitative estimate of drug-likeness (QED) is 0.682. The van der Waals surface area contributed by atoms with Gasteiger partial charge >= 0.3 is 0 Å². The fraction of sp³-hybridized carbons (Fsp3) is 0.571. The maximum atomic E-state index is 6.26. The van der Waals surface area contributed by atoms with Crippen molar-refractivity contribution in [1.29, 1.82) is 0 Å². The Labute approximate surface area is 118 Å². The first-order chi connectivity index (χ1) is 7.97. The molecule has 0 atom stereocenters. The Hall–Kier alpha value is -0.210. The smallest absolute Gasteiger partial charge is 0.0467 e. The molecule has 3 heteroatoms. The first-order valence-electron chi connectivity index (χ1n) is 6.07. The van der Waals surface area contributed by atoms with E-state index in [-0.39, 0.29) is 0 Å². The fourth-order valence-electron chi connectivity index (χ4n) is 1.93. The number of anilines is 1. The van der Waals surface area contributed by atoms with Gasteiger partial charge in [0.25, 0.3) is 0 Å². The number of benzene rings is 1. The van der Waals surface area contributed by atoms with Crippen LogP contribution in [0, 0.1) is 5.92 Å². The zero-order valence-electron chi connectivity index (χ0n) is 11.0. The number of hydrogen-bond donors (Lipinski definition) is 0. The molecule has 0 unspecified atom stereocenters. The summed E-state index contributed by atoms with van der Waals surface area (Å²) in [7, 11) is 0. The molecule has 0 heterocycles. The minimum absolute atomic E-state index is 0.480. The lowest BCUT2D eigenvalue weighted by atomic mass is 10.1. The van der Waals surface area contributed by atoms with E-state index in [1.165, 1.54) is 11.3 Å². The second-order valence-electron chi connectivity index (χ2n) is 5.01. The average molecular weight is 319 g/mol. The molecule has 1 nitrogen and oxygen atoms in total. The van der Waals surface area contributed by atoms with Crippen molar-refractivity contribution in [2.45, 2.75) is 39.1 Å². The van der Waals surface area contributed by atoms with Gasteiger partial charge in [0.2, 0.25) is 0 Å². The molecule has 17 heavy (non-hydrogen) atoms. The van der Waals surface area contributed by atoms with Crippen molar-refractivity contribution in [3.05, 3.63) is 28.8 Å². The highest BCUT2D eigenvalue weighted by Gasteiger charge is 2.16. The molecule has 0 aliphatic carbocycles. The van der Waals surface area contributed by atoms with Gasteiger partial charge in [0.1, 0.15) is 0 Å². The molecular formula is C14H21BrClN. The Balaban J connectivity index is 3.13. The molecule has 0 aliphatic heterocycles. The largest absolute Gasteiger partial charge is 0.369 e. The first-order valence-corrected chi connectivity index (χ1v) is 7.57. The van der Waals surface area contributed by atoms with E-state index in [0.717, 1.165) is 16.9 Å². The van der Waals surface area contributed by atoms with Gasteiger partial charge in [-0.25, -0.2) is 0 Å². The molecule has 0 radical (unpaired) electrons. The summed E-state index contributed by atoms with van der Waals surface area (Å²) >= 11 is 9.79. The van der Waals surface area contributed by atoms with E-state index in [2.05, 4.69) is 54.6 Å². The van der Waals surface area contributed by atoms with Crippen LogP contribution in [-0.2, 0) is 5.33 Å². The van der Waals surface area contributed by atoms with Gasteiger partial charge < -0.3 is 4.90 Å². The number of alkyl halides is 1. The maximum Gasteiger partial charge on any atom is 0.0467 e. The number of halogens is 2. The summed E-state index contributed by atoms with van der Waals surface area (Å²) in [4.78, 5) is 2.42. The van der Waals surface area contributed by atoms with Crippen molar-refractivity contribution >= 4 is 33.2 Å². The van der Waals surface area contributed by atoms with Crippen LogP contribution >= 0.6 is 27.5 Å². The third kappa shape index (κ3) is 3.89. The third-order valence-electron chi connectivity index (χ3n) is 2.72. The molecule has 0 fully saturated rings. The summed E-state index contributed by atoms with van der Waals surface area (Å²) in [6, 6.07) is 6.62. The molecule has 1 aromatic carbocycles. The molecule has 0 aromatic heterocycles. The molecule has 0 saturated heterocycles. The lowest BCUT2D eigenvalue weighted by molar-refractivity contribution is 0.570. The Morgan fingerprint density at radius 2 is 1.88 bits per heavy atom. The van der Waals surface area contributed by atoms with E-state index in [1.807, 2.05) is 12.1 Å². The van der Waals surface area contributed by atoms with Crippen molar-refractivity contribution in [3.8, 4) is 0 Å². The van der Waals surface area contributed by atoms with Crippen molar-refractivity contribution in [2.24, 2.45) is 5.92 Å². The summed E-state index contributed by atoms with van der Waals surface area (Å²) in [5, 5.41) is 1.64. The zero-order chi connectivity index (χ0) is 13.0. The average Bonchev–Trinajstić information content (AvgIpc) is 2.25. The maximum absolute atomic E-state index is 6.26. The molecule has 0 spiro atoms. The van der Waals surface area contributed by atoms with E-state index >= 15 is 0 Å². The van der Waals surface area contributed by atoms with Gasteiger partial charge in [-0.3, -0.25) is 0 Å². The summed E-state index contributed by atoms with van der Waals surface area (Å²) in [5.74, 6) is 0.638. The van der Waals surface area contributed by atoms with Crippen molar-refractivity contribution in [2.75, 3.05) is 11.4 Å². The standard InChI is InChI=1S/C14H21BrClN/c1-10(2)9-17(11(3)4)14-7-5-6-13(16)12(14)8-15/h5-7,10-11H,8-9H2,1-4H3. The molecule has 0 bridgehead atoms. The third-order valence-corrected chi connectivity index (χ3v) is 3.64. The zero-order valence-corrected chi connectivity index (χ0v) is 13.3. The van der Waals surface area contributed by atoms with Gasteiger partial charge in [-0.05, 0) is 31.9 Å². The first kappa shape index (κ1) is 14.8. The minimum Gasteiger partial charge on any atom is -0.369 e. The van der Waals surface area contributed by atoms with E-state index in [4.69, 9.17) is 11.6 Å². The predicted molar refractivity (Wildman–Crippen MR) is 81.4 cm³/mol. The topological polar surface area (TPSA) is 3.24 Å². The Bertz CT molecular complexity index is 363. The Kier molecular flexibility index (Phi) is 5.81. The van der Waals surface area contributed by atoms with E-state index in [0.29, 0.717) is 12.0 Å². The second kappa shape index (κ2) is 6.65. The van der Waals surface area contributed by atoms with Crippen LogP contribution in [0.1, 0.15) is 33.3 Å².